The van der Waals surface area contributed by atoms with Gasteiger partial charge in [0, 0.05) is 18.1 Å². The second kappa shape index (κ2) is 8.80. The summed E-state index contributed by atoms with van der Waals surface area (Å²) in [6, 6.07) is 25.2. The first-order chi connectivity index (χ1) is 14.7. The van der Waals surface area contributed by atoms with Crippen LogP contribution in [0.4, 0.5) is 17.5 Å². The van der Waals surface area contributed by atoms with Crippen LogP contribution in [-0.2, 0) is 0 Å². The van der Waals surface area contributed by atoms with Gasteiger partial charge in [0.1, 0.15) is 11.6 Å². The molecule has 152 valence electrons. The predicted molar refractivity (Wildman–Crippen MR) is 120 cm³/mol. The predicted octanol–water partition coefficient (Wildman–Crippen LogP) is 4.55. The number of aliphatic hydroxyl groups is 1. The van der Waals surface area contributed by atoms with E-state index in [1.807, 2.05) is 90.8 Å². The van der Waals surface area contributed by atoms with E-state index in [9.17, 15) is 5.11 Å². The van der Waals surface area contributed by atoms with E-state index in [0.29, 0.717) is 5.95 Å². The van der Waals surface area contributed by atoms with Gasteiger partial charge in [0.2, 0.25) is 5.95 Å². The normalized spacial score (nSPS) is 11.8. The number of nitrogens with zero attached hydrogens (tertiary/aromatic N) is 3. The Morgan fingerprint density at radius 3 is 2.33 bits per heavy atom. The maximum Gasteiger partial charge on any atom is 0.225 e. The van der Waals surface area contributed by atoms with Gasteiger partial charge in [0.05, 0.1) is 25.3 Å². The molecule has 0 aliphatic heterocycles. The fourth-order valence-electron chi connectivity index (χ4n) is 3.38. The highest BCUT2D eigenvalue weighted by Crippen LogP contribution is 2.31. The Kier molecular flexibility index (Phi) is 5.77. The molecule has 0 amide bonds. The maximum atomic E-state index is 9.92. The van der Waals surface area contributed by atoms with Gasteiger partial charge >= 0.3 is 0 Å². The van der Waals surface area contributed by atoms with Crippen molar-refractivity contribution in [3.8, 4) is 5.75 Å². The molecular formula is C24H24N4O2. The third-order valence-electron chi connectivity index (χ3n) is 5.05. The van der Waals surface area contributed by atoms with Crippen LogP contribution in [0.5, 0.6) is 5.75 Å². The van der Waals surface area contributed by atoms with Crippen molar-refractivity contribution in [2.45, 2.75) is 6.04 Å². The summed E-state index contributed by atoms with van der Waals surface area (Å²) in [5.41, 5.74) is 2.78. The summed E-state index contributed by atoms with van der Waals surface area (Å²) >= 11 is 0. The Morgan fingerprint density at radius 1 is 0.933 bits per heavy atom. The third-order valence-corrected chi connectivity index (χ3v) is 5.05. The highest BCUT2D eigenvalue weighted by atomic mass is 16.5. The molecule has 0 aliphatic carbocycles. The van der Waals surface area contributed by atoms with Crippen molar-refractivity contribution in [3.05, 3.63) is 84.4 Å². The first-order valence-electron chi connectivity index (χ1n) is 9.76. The number of rotatable bonds is 7. The van der Waals surface area contributed by atoms with E-state index in [1.54, 1.807) is 7.11 Å². The SMILES string of the molecule is COc1ccc(N(C)c2nc(N[C@H](CO)c3ccccc3)nc3ccccc23)cc1. The average Bonchev–Trinajstić information content (AvgIpc) is 2.82. The molecule has 1 atom stereocenters. The molecule has 30 heavy (non-hydrogen) atoms. The van der Waals surface area contributed by atoms with Gasteiger partial charge in [0.25, 0.3) is 0 Å². The number of methoxy groups -OCH3 is 1. The lowest BCUT2D eigenvalue weighted by Gasteiger charge is -2.22. The summed E-state index contributed by atoms with van der Waals surface area (Å²) in [5, 5.41) is 14.1. The molecule has 1 aromatic heterocycles. The minimum absolute atomic E-state index is 0.0656. The number of para-hydroxylation sites is 1. The van der Waals surface area contributed by atoms with Crippen molar-refractivity contribution in [3.63, 3.8) is 0 Å². The number of ether oxygens (including phenoxy) is 1. The Labute approximate surface area is 175 Å². The number of fused-ring (bicyclic) bond motifs is 1. The van der Waals surface area contributed by atoms with Crippen LogP contribution < -0.4 is 15.0 Å². The summed E-state index contributed by atoms with van der Waals surface area (Å²) in [6.07, 6.45) is 0. The van der Waals surface area contributed by atoms with Crippen LogP contribution in [0.1, 0.15) is 11.6 Å². The molecule has 6 nitrogen and oxygen atoms in total. The zero-order valence-electron chi connectivity index (χ0n) is 17.0. The molecule has 3 aromatic carbocycles. The van der Waals surface area contributed by atoms with Crippen LogP contribution in [0.2, 0.25) is 0 Å². The molecule has 0 radical (unpaired) electrons. The number of anilines is 3. The standard InChI is InChI=1S/C24H24N4O2/c1-28(18-12-14-19(30-2)15-13-18)23-20-10-6-7-11-21(20)25-24(27-23)26-22(16-29)17-8-4-3-5-9-17/h3-15,22,29H,16H2,1-2H3,(H,25,26,27)/t22-/m1/s1. The molecule has 0 bridgehead atoms. The fraction of sp³-hybridized carbons (Fsp3) is 0.167. The zero-order valence-corrected chi connectivity index (χ0v) is 17.0. The summed E-state index contributed by atoms with van der Waals surface area (Å²) in [5.74, 6) is 2.04. The van der Waals surface area contributed by atoms with Gasteiger partial charge in [-0.05, 0) is 42.0 Å². The molecule has 2 N–H and O–H groups in total. The van der Waals surface area contributed by atoms with Crippen molar-refractivity contribution >= 4 is 28.4 Å². The molecule has 0 unspecified atom stereocenters. The summed E-state index contributed by atoms with van der Waals surface area (Å²) in [7, 11) is 3.62. The molecule has 0 saturated heterocycles. The monoisotopic (exact) mass is 400 g/mol. The van der Waals surface area contributed by atoms with Gasteiger partial charge in [-0.3, -0.25) is 0 Å². The van der Waals surface area contributed by atoms with Gasteiger partial charge < -0.3 is 20.1 Å². The second-order valence-electron chi connectivity index (χ2n) is 6.94. The Bertz CT molecular complexity index is 1120. The van der Waals surface area contributed by atoms with Gasteiger partial charge in [-0.2, -0.15) is 4.98 Å². The van der Waals surface area contributed by atoms with Crippen LogP contribution in [0, 0.1) is 0 Å². The van der Waals surface area contributed by atoms with Crippen LogP contribution in [0.15, 0.2) is 78.9 Å². The highest BCUT2D eigenvalue weighted by Gasteiger charge is 2.16. The lowest BCUT2D eigenvalue weighted by atomic mass is 10.1. The molecule has 1 heterocycles. The number of hydrogen-bond donors (Lipinski definition) is 2. The summed E-state index contributed by atoms with van der Waals surface area (Å²) < 4.78 is 5.26. The van der Waals surface area contributed by atoms with E-state index < -0.39 is 0 Å². The average molecular weight is 400 g/mol. The number of aromatic nitrogens is 2. The zero-order chi connectivity index (χ0) is 20.9. The van der Waals surface area contributed by atoms with Crippen molar-refractivity contribution < 1.29 is 9.84 Å². The maximum absolute atomic E-state index is 9.92. The molecule has 0 aliphatic rings. The number of hydrogen-bond acceptors (Lipinski definition) is 6. The minimum atomic E-state index is -0.300. The van der Waals surface area contributed by atoms with Crippen LogP contribution in [0.3, 0.4) is 0 Å². The van der Waals surface area contributed by atoms with Gasteiger partial charge in [0.15, 0.2) is 0 Å². The van der Waals surface area contributed by atoms with Crippen LogP contribution in [-0.4, -0.2) is 35.8 Å². The lowest BCUT2D eigenvalue weighted by Crippen LogP contribution is -2.18. The fourth-order valence-corrected chi connectivity index (χ4v) is 3.38. The van der Waals surface area contributed by atoms with Crippen molar-refractivity contribution in [2.75, 3.05) is 31.0 Å². The Balaban J connectivity index is 1.73. The van der Waals surface area contributed by atoms with Gasteiger partial charge in [-0.25, -0.2) is 4.98 Å². The van der Waals surface area contributed by atoms with Gasteiger partial charge in [-0.15, -0.1) is 0 Å². The molecule has 0 fully saturated rings. The molecule has 6 heteroatoms. The highest BCUT2D eigenvalue weighted by molar-refractivity contribution is 5.92. The van der Waals surface area contributed by atoms with Crippen molar-refractivity contribution in [2.24, 2.45) is 0 Å². The first kappa shape index (κ1) is 19.7. The van der Waals surface area contributed by atoms with E-state index in [4.69, 9.17) is 9.72 Å². The summed E-state index contributed by atoms with van der Waals surface area (Å²) in [4.78, 5) is 11.5. The topological polar surface area (TPSA) is 70.5 Å². The minimum Gasteiger partial charge on any atom is -0.497 e. The van der Waals surface area contributed by atoms with E-state index in [0.717, 1.165) is 33.7 Å². The lowest BCUT2D eigenvalue weighted by molar-refractivity contribution is 0.276. The largest absolute Gasteiger partial charge is 0.497 e. The van der Waals surface area contributed by atoms with Crippen molar-refractivity contribution in [1.82, 2.24) is 9.97 Å². The van der Waals surface area contributed by atoms with E-state index in [1.165, 1.54) is 0 Å². The third kappa shape index (κ3) is 4.04. The number of aliphatic hydroxyl groups excluding tert-OH is 1. The molecule has 4 rings (SSSR count). The summed E-state index contributed by atoms with van der Waals surface area (Å²) in [6.45, 7) is -0.0656. The smallest absolute Gasteiger partial charge is 0.225 e. The van der Waals surface area contributed by atoms with Crippen LogP contribution >= 0.6 is 0 Å². The van der Waals surface area contributed by atoms with E-state index >= 15 is 0 Å². The quantitative estimate of drug-likeness (QED) is 0.474. The molecular weight excluding hydrogens is 376 g/mol. The molecule has 0 saturated carbocycles. The van der Waals surface area contributed by atoms with Gasteiger partial charge in [-0.1, -0.05) is 42.5 Å². The number of benzene rings is 3. The van der Waals surface area contributed by atoms with E-state index in [-0.39, 0.29) is 12.6 Å². The molecule has 0 spiro atoms. The van der Waals surface area contributed by atoms with E-state index in [2.05, 4.69) is 10.3 Å². The molecule has 4 aromatic rings. The van der Waals surface area contributed by atoms with Crippen LogP contribution in [0.25, 0.3) is 10.9 Å². The second-order valence-corrected chi connectivity index (χ2v) is 6.94. The number of nitrogens with one attached hydrogen (secondary N) is 1. The Hall–Kier alpha value is -3.64. The van der Waals surface area contributed by atoms with Crippen molar-refractivity contribution in [1.29, 1.82) is 0 Å². The first-order valence-corrected chi connectivity index (χ1v) is 9.76. The Morgan fingerprint density at radius 2 is 1.63 bits per heavy atom.